The summed E-state index contributed by atoms with van der Waals surface area (Å²) in [5.74, 6) is 1.86. The lowest BCUT2D eigenvalue weighted by Crippen LogP contribution is -2.27. The Morgan fingerprint density at radius 2 is 2.00 bits per heavy atom. The molecular weight excluding hydrogens is 108 g/mol. The van der Waals surface area contributed by atoms with Crippen molar-refractivity contribution in [2.45, 2.75) is 12.2 Å². The van der Waals surface area contributed by atoms with Crippen molar-refractivity contribution in [2.24, 2.45) is 0 Å². The second kappa shape index (κ2) is 3.44. The van der Waals surface area contributed by atoms with Crippen LogP contribution in [0.15, 0.2) is 0 Å². The van der Waals surface area contributed by atoms with E-state index in [0.717, 1.165) is 0 Å². The van der Waals surface area contributed by atoms with E-state index < -0.39 is 18.8 Å². The Morgan fingerprint density at radius 1 is 1.50 bits per heavy atom. The van der Waals surface area contributed by atoms with Gasteiger partial charge in [0.05, 0.1) is 6.61 Å². The van der Waals surface area contributed by atoms with Crippen LogP contribution in [0, 0.1) is 12.3 Å². The summed E-state index contributed by atoms with van der Waals surface area (Å²) >= 11 is 0. The fourth-order valence-corrected chi connectivity index (χ4v) is 0.211. The van der Waals surface area contributed by atoms with E-state index in [1.165, 1.54) is 0 Å². The summed E-state index contributed by atoms with van der Waals surface area (Å²) in [6.45, 7) is -0.509. The second-order valence-electron chi connectivity index (χ2n) is 1.36. The minimum atomic E-state index is -1.25. The quantitative estimate of drug-likeness (QED) is 0.378. The molecule has 0 amide bonds. The Hall–Kier alpha value is -0.560. The predicted molar refractivity (Wildman–Crippen MR) is 27.9 cm³/mol. The van der Waals surface area contributed by atoms with Crippen LogP contribution in [0.25, 0.3) is 0 Å². The van der Waals surface area contributed by atoms with Gasteiger partial charge in [0.15, 0.2) is 0 Å². The summed E-state index contributed by atoms with van der Waals surface area (Å²) in [5.41, 5.74) is 0. The van der Waals surface area contributed by atoms with Crippen molar-refractivity contribution in [3.63, 3.8) is 0 Å². The van der Waals surface area contributed by atoms with E-state index in [-0.39, 0.29) is 0 Å². The first-order valence-corrected chi connectivity index (χ1v) is 2.15. The molecule has 0 heterocycles. The van der Waals surface area contributed by atoms with Gasteiger partial charge in [-0.2, -0.15) is 0 Å². The molecule has 0 aromatic carbocycles. The SMILES string of the molecule is C#CC(O)C(O)CO. The van der Waals surface area contributed by atoms with Crippen LogP contribution in [0.2, 0.25) is 0 Å². The molecule has 3 N–H and O–H groups in total. The van der Waals surface area contributed by atoms with E-state index in [1.807, 2.05) is 5.92 Å². The van der Waals surface area contributed by atoms with Gasteiger partial charge in [0, 0.05) is 0 Å². The smallest absolute Gasteiger partial charge is 0.142 e. The van der Waals surface area contributed by atoms with Crippen LogP contribution < -0.4 is 0 Å². The van der Waals surface area contributed by atoms with E-state index in [4.69, 9.17) is 15.3 Å². The summed E-state index contributed by atoms with van der Waals surface area (Å²) in [6.07, 6.45) is 2.22. The van der Waals surface area contributed by atoms with Crippen LogP contribution in [-0.2, 0) is 0 Å². The molecule has 0 fully saturated rings. The number of hydrogen-bond acceptors (Lipinski definition) is 3. The highest BCUT2D eigenvalue weighted by molar-refractivity contribution is 4.96. The van der Waals surface area contributed by atoms with Crippen LogP contribution in [0.1, 0.15) is 0 Å². The fraction of sp³-hybridized carbons (Fsp3) is 0.600. The van der Waals surface area contributed by atoms with E-state index >= 15 is 0 Å². The van der Waals surface area contributed by atoms with Gasteiger partial charge < -0.3 is 15.3 Å². The van der Waals surface area contributed by atoms with Crippen LogP contribution in [0.3, 0.4) is 0 Å². The molecule has 0 aromatic rings. The van der Waals surface area contributed by atoms with Crippen molar-refractivity contribution < 1.29 is 15.3 Å². The Bertz CT molecular complexity index is 94.3. The van der Waals surface area contributed by atoms with Crippen LogP contribution in [0.4, 0.5) is 0 Å². The molecule has 0 radical (unpaired) electrons. The summed E-state index contributed by atoms with van der Waals surface area (Å²) < 4.78 is 0. The topological polar surface area (TPSA) is 60.7 Å². The van der Waals surface area contributed by atoms with E-state index in [2.05, 4.69) is 6.42 Å². The molecule has 0 saturated carbocycles. The van der Waals surface area contributed by atoms with Gasteiger partial charge in [0.2, 0.25) is 0 Å². The minimum Gasteiger partial charge on any atom is -0.394 e. The van der Waals surface area contributed by atoms with Gasteiger partial charge in [-0.3, -0.25) is 0 Å². The molecule has 2 atom stereocenters. The summed E-state index contributed by atoms with van der Waals surface area (Å²) in [4.78, 5) is 0. The first-order valence-electron chi connectivity index (χ1n) is 2.15. The van der Waals surface area contributed by atoms with Crippen LogP contribution in [-0.4, -0.2) is 34.1 Å². The van der Waals surface area contributed by atoms with Gasteiger partial charge >= 0.3 is 0 Å². The first-order chi connectivity index (χ1) is 3.72. The van der Waals surface area contributed by atoms with Crippen molar-refractivity contribution in [1.82, 2.24) is 0 Å². The van der Waals surface area contributed by atoms with Gasteiger partial charge in [0.25, 0.3) is 0 Å². The lowest BCUT2D eigenvalue weighted by Gasteiger charge is -2.07. The zero-order chi connectivity index (χ0) is 6.57. The molecule has 46 valence electrons. The van der Waals surface area contributed by atoms with Gasteiger partial charge in [-0.15, -0.1) is 6.42 Å². The maximum atomic E-state index is 8.48. The minimum absolute atomic E-state index is 0.509. The Balaban J connectivity index is 3.49. The molecule has 3 heteroatoms. The lowest BCUT2D eigenvalue weighted by molar-refractivity contribution is 0.0139. The van der Waals surface area contributed by atoms with Crippen molar-refractivity contribution in [3.8, 4) is 12.3 Å². The molecule has 2 unspecified atom stereocenters. The molecule has 0 aromatic heterocycles. The molecule has 0 aliphatic rings. The molecule has 0 spiro atoms. The molecular formula is C5H8O3. The van der Waals surface area contributed by atoms with E-state index in [1.54, 1.807) is 0 Å². The Kier molecular flexibility index (Phi) is 3.20. The monoisotopic (exact) mass is 116 g/mol. The predicted octanol–water partition coefficient (Wildman–Crippen LogP) is -1.67. The second-order valence-corrected chi connectivity index (χ2v) is 1.36. The lowest BCUT2D eigenvalue weighted by atomic mass is 10.2. The first kappa shape index (κ1) is 7.44. The van der Waals surface area contributed by atoms with Crippen molar-refractivity contribution in [1.29, 1.82) is 0 Å². The molecule has 0 aliphatic heterocycles. The summed E-state index contributed by atoms with van der Waals surface area (Å²) in [5, 5.41) is 25.1. The molecule has 0 bridgehead atoms. The van der Waals surface area contributed by atoms with Gasteiger partial charge in [-0.05, 0) is 0 Å². The van der Waals surface area contributed by atoms with Gasteiger partial charge in [-0.25, -0.2) is 0 Å². The standard InChI is InChI=1S/C5H8O3/c1-2-4(7)5(8)3-6/h1,4-8H,3H2. The normalized spacial score (nSPS) is 16.8. The molecule has 0 rings (SSSR count). The maximum Gasteiger partial charge on any atom is 0.142 e. The van der Waals surface area contributed by atoms with Gasteiger partial charge in [-0.1, -0.05) is 5.92 Å². The maximum absolute atomic E-state index is 8.48. The highest BCUT2D eigenvalue weighted by atomic mass is 16.4. The highest BCUT2D eigenvalue weighted by Crippen LogP contribution is 1.87. The molecule has 8 heavy (non-hydrogen) atoms. The zero-order valence-electron chi connectivity index (χ0n) is 4.28. The third-order valence-electron chi connectivity index (χ3n) is 0.722. The summed E-state index contributed by atoms with van der Waals surface area (Å²) in [7, 11) is 0. The number of hydrogen-bond donors (Lipinski definition) is 3. The number of rotatable bonds is 2. The third-order valence-corrected chi connectivity index (χ3v) is 0.722. The molecule has 0 saturated heterocycles. The average Bonchev–Trinajstić information content (AvgIpc) is 1.84. The van der Waals surface area contributed by atoms with Gasteiger partial charge in [0.1, 0.15) is 12.2 Å². The number of aliphatic hydroxyl groups is 3. The molecule has 0 aliphatic carbocycles. The third kappa shape index (κ3) is 1.94. The van der Waals surface area contributed by atoms with Crippen molar-refractivity contribution >= 4 is 0 Å². The van der Waals surface area contributed by atoms with Crippen molar-refractivity contribution in [3.05, 3.63) is 0 Å². The Morgan fingerprint density at radius 3 is 2.12 bits per heavy atom. The average molecular weight is 116 g/mol. The van der Waals surface area contributed by atoms with E-state index in [9.17, 15) is 0 Å². The Labute approximate surface area is 47.6 Å². The molecule has 3 nitrogen and oxygen atoms in total. The fourth-order valence-electron chi connectivity index (χ4n) is 0.211. The van der Waals surface area contributed by atoms with Crippen molar-refractivity contribution in [2.75, 3.05) is 6.61 Å². The summed E-state index contributed by atoms with van der Waals surface area (Å²) in [6, 6.07) is 0. The largest absolute Gasteiger partial charge is 0.394 e. The number of aliphatic hydroxyl groups excluding tert-OH is 3. The van der Waals surface area contributed by atoms with Crippen LogP contribution in [0.5, 0.6) is 0 Å². The zero-order valence-corrected chi connectivity index (χ0v) is 4.28. The van der Waals surface area contributed by atoms with Crippen LogP contribution >= 0.6 is 0 Å². The van der Waals surface area contributed by atoms with E-state index in [0.29, 0.717) is 0 Å². The number of terminal acetylenes is 1. The highest BCUT2D eigenvalue weighted by Gasteiger charge is 2.09.